The lowest BCUT2D eigenvalue weighted by atomic mass is 10.1. The molecular formula is C27H23F2N3O. The predicted molar refractivity (Wildman–Crippen MR) is 126 cm³/mol. The van der Waals surface area contributed by atoms with Crippen LogP contribution in [0.15, 0.2) is 91.0 Å². The van der Waals surface area contributed by atoms with E-state index in [2.05, 4.69) is 34.5 Å². The molecule has 1 aromatic heterocycles. The Balaban J connectivity index is 1.57. The molecule has 4 rings (SSSR count). The van der Waals surface area contributed by atoms with Crippen molar-refractivity contribution in [1.29, 1.82) is 0 Å². The number of anilines is 2. The van der Waals surface area contributed by atoms with E-state index < -0.39 is 17.5 Å². The van der Waals surface area contributed by atoms with Crippen LogP contribution in [-0.4, -0.2) is 10.9 Å². The molecule has 6 heteroatoms. The van der Waals surface area contributed by atoms with Gasteiger partial charge in [-0.3, -0.25) is 4.79 Å². The SMILES string of the molecule is Cc1nc(N(Cc2ccccc2)Cc2ccccc2)ccc1NC(=O)c1ccc(F)c(F)c1. The van der Waals surface area contributed by atoms with Gasteiger partial charge in [-0.05, 0) is 48.4 Å². The van der Waals surface area contributed by atoms with Gasteiger partial charge >= 0.3 is 0 Å². The molecule has 1 N–H and O–H groups in total. The summed E-state index contributed by atoms with van der Waals surface area (Å²) in [6.45, 7) is 3.14. The second-order valence-corrected chi connectivity index (χ2v) is 7.71. The second kappa shape index (κ2) is 10.0. The Kier molecular flexibility index (Phi) is 6.74. The summed E-state index contributed by atoms with van der Waals surface area (Å²) < 4.78 is 26.6. The molecule has 0 aliphatic carbocycles. The van der Waals surface area contributed by atoms with Crippen molar-refractivity contribution in [2.75, 3.05) is 10.2 Å². The molecule has 4 aromatic rings. The summed E-state index contributed by atoms with van der Waals surface area (Å²) in [6.07, 6.45) is 0. The van der Waals surface area contributed by atoms with Crippen molar-refractivity contribution in [3.8, 4) is 0 Å². The normalized spacial score (nSPS) is 10.6. The average molecular weight is 443 g/mol. The molecule has 0 fully saturated rings. The maximum atomic E-state index is 13.5. The molecule has 0 radical (unpaired) electrons. The summed E-state index contributed by atoms with van der Waals surface area (Å²) in [5.74, 6) is -1.82. The lowest BCUT2D eigenvalue weighted by molar-refractivity contribution is 0.102. The van der Waals surface area contributed by atoms with Gasteiger partial charge in [-0.25, -0.2) is 13.8 Å². The Hall–Kier alpha value is -4.06. The minimum Gasteiger partial charge on any atom is -0.348 e. The van der Waals surface area contributed by atoms with E-state index in [0.29, 0.717) is 24.5 Å². The first-order chi connectivity index (χ1) is 16.0. The fraction of sp³-hybridized carbons (Fsp3) is 0.111. The minimum absolute atomic E-state index is 0.0344. The number of halogens is 2. The highest BCUT2D eigenvalue weighted by Gasteiger charge is 2.15. The number of carbonyl (C=O) groups excluding carboxylic acids is 1. The Morgan fingerprint density at radius 2 is 1.42 bits per heavy atom. The zero-order valence-electron chi connectivity index (χ0n) is 18.1. The Bertz CT molecular complexity index is 1210. The zero-order valence-corrected chi connectivity index (χ0v) is 18.1. The van der Waals surface area contributed by atoms with Gasteiger partial charge in [0.2, 0.25) is 0 Å². The van der Waals surface area contributed by atoms with Crippen LogP contribution in [0.5, 0.6) is 0 Å². The number of nitrogens with zero attached hydrogens (tertiary/aromatic N) is 2. The van der Waals surface area contributed by atoms with Crippen LogP contribution in [-0.2, 0) is 13.1 Å². The molecule has 4 nitrogen and oxygen atoms in total. The maximum Gasteiger partial charge on any atom is 0.255 e. The van der Waals surface area contributed by atoms with Crippen LogP contribution in [0.4, 0.5) is 20.3 Å². The van der Waals surface area contributed by atoms with Gasteiger partial charge in [0, 0.05) is 18.7 Å². The smallest absolute Gasteiger partial charge is 0.255 e. The van der Waals surface area contributed by atoms with E-state index in [-0.39, 0.29) is 5.56 Å². The number of carbonyl (C=O) groups is 1. The second-order valence-electron chi connectivity index (χ2n) is 7.71. The molecular weight excluding hydrogens is 420 g/mol. The number of pyridine rings is 1. The molecule has 0 spiro atoms. The first-order valence-corrected chi connectivity index (χ1v) is 10.6. The van der Waals surface area contributed by atoms with Crippen molar-refractivity contribution in [2.24, 2.45) is 0 Å². The Labute approximate surface area is 191 Å². The van der Waals surface area contributed by atoms with E-state index in [1.54, 1.807) is 13.0 Å². The monoisotopic (exact) mass is 443 g/mol. The molecule has 0 saturated heterocycles. The number of rotatable bonds is 7. The van der Waals surface area contributed by atoms with E-state index in [1.807, 2.05) is 42.5 Å². The van der Waals surface area contributed by atoms with Gasteiger partial charge in [-0.15, -0.1) is 0 Å². The highest BCUT2D eigenvalue weighted by Crippen LogP contribution is 2.23. The summed E-state index contributed by atoms with van der Waals surface area (Å²) in [6, 6.07) is 27.0. The maximum absolute atomic E-state index is 13.5. The molecule has 3 aromatic carbocycles. The third kappa shape index (κ3) is 5.60. The highest BCUT2D eigenvalue weighted by atomic mass is 19.2. The van der Waals surface area contributed by atoms with E-state index in [4.69, 9.17) is 4.98 Å². The van der Waals surface area contributed by atoms with E-state index >= 15 is 0 Å². The van der Waals surface area contributed by atoms with Crippen LogP contribution in [0, 0.1) is 18.6 Å². The van der Waals surface area contributed by atoms with Gasteiger partial charge in [-0.1, -0.05) is 60.7 Å². The van der Waals surface area contributed by atoms with Gasteiger partial charge in [0.05, 0.1) is 11.4 Å². The topological polar surface area (TPSA) is 45.2 Å². The number of hydrogen-bond donors (Lipinski definition) is 1. The van der Waals surface area contributed by atoms with E-state index in [9.17, 15) is 13.6 Å². The van der Waals surface area contributed by atoms with Crippen molar-refractivity contribution in [3.63, 3.8) is 0 Å². The van der Waals surface area contributed by atoms with Gasteiger partial charge in [0.15, 0.2) is 11.6 Å². The van der Waals surface area contributed by atoms with Crippen molar-refractivity contribution in [3.05, 3.63) is 125 Å². The fourth-order valence-corrected chi connectivity index (χ4v) is 3.51. The number of nitrogens with one attached hydrogen (secondary N) is 1. The van der Waals surface area contributed by atoms with Gasteiger partial charge in [0.25, 0.3) is 5.91 Å². The third-order valence-electron chi connectivity index (χ3n) is 5.26. The summed E-state index contributed by atoms with van der Waals surface area (Å²) in [5, 5.41) is 2.73. The molecule has 33 heavy (non-hydrogen) atoms. The van der Waals surface area contributed by atoms with E-state index in [0.717, 1.165) is 29.1 Å². The fourth-order valence-electron chi connectivity index (χ4n) is 3.51. The number of amides is 1. The lowest BCUT2D eigenvalue weighted by Crippen LogP contribution is -2.23. The predicted octanol–water partition coefficient (Wildman–Crippen LogP) is 6.13. The molecule has 1 amide bonds. The standard InChI is InChI=1S/C27H23F2N3O/c1-19-25(31-27(33)22-12-13-23(28)24(29)16-22)14-15-26(30-19)32(17-20-8-4-2-5-9-20)18-21-10-6-3-7-11-21/h2-16H,17-18H2,1H3,(H,31,33). The summed E-state index contributed by atoms with van der Waals surface area (Å²) >= 11 is 0. The molecule has 166 valence electrons. The van der Waals surface area contributed by atoms with Gasteiger partial charge < -0.3 is 10.2 Å². The van der Waals surface area contributed by atoms with E-state index in [1.165, 1.54) is 6.07 Å². The summed E-state index contributed by atoms with van der Waals surface area (Å²) in [4.78, 5) is 19.4. The Morgan fingerprint density at radius 3 is 1.97 bits per heavy atom. The van der Waals surface area contributed by atoms with Crippen LogP contribution in [0.1, 0.15) is 27.2 Å². The molecule has 0 atom stereocenters. The van der Waals surface area contributed by atoms with Gasteiger partial charge in [0.1, 0.15) is 5.82 Å². The van der Waals surface area contributed by atoms with Crippen LogP contribution >= 0.6 is 0 Å². The van der Waals surface area contributed by atoms with Crippen LogP contribution in [0.2, 0.25) is 0 Å². The average Bonchev–Trinajstić information content (AvgIpc) is 2.83. The number of aromatic nitrogens is 1. The molecule has 1 heterocycles. The molecule has 0 unspecified atom stereocenters. The number of aryl methyl sites for hydroxylation is 1. The number of benzene rings is 3. The zero-order chi connectivity index (χ0) is 23.2. The highest BCUT2D eigenvalue weighted by molar-refractivity contribution is 6.04. The quantitative estimate of drug-likeness (QED) is 0.374. The van der Waals surface area contributed by atoms with Crippen molar-refractivity contribution < 1.29 is 13.6 Å². The molecule has 0 bridgehead atoms. The third-order valence-corrected chi connectivity index (χ3v) is 5.26. The van der Waals surface area contributed by atoms with Crippen molar-refractivity contribution in [1.82, 2.24) is 4.98 Å². The summed E-state index contributed by atoms with van der Waals surface area (Å²) in [5.41, 5.74) is 3.47. The number of hydrogen-bond acceptors (Lipinski definition) is 3. The van der Waals surface area contributed by atoms with Crippen LogP contribution in [0.25, 0.3) is 0 Å². The molecule has 0 aliphatic rings. The van der Waals surface area contributed by atoms with Crippen LogP contribution in [0.3, 0.4) is 0 Å². The first kappa shape index (κ1) is 22.1. The Morgan fingerprint density at radius 1 is 0.818 bits per heavy atom. The van der Waals surface area contributed by atoms with Crippen molar-refractivity contribution in [2.45, 2.75) is 20.0 Å². The van der Waals surface area contributed by atoms with Crippen molar-refractivity contribution >= 4 is 17.4 Å². The largest absolute Gasteiger partial charge is 0.348 e. The lowest BCUT2D eigenvalue weighted by Gasteiger charge is -2.25. The molecule has 0 saturated carbocycles. The minimum atomic E-state index is -1.06. The molecule has 0 aliphatic heterocycles. The first-order valence-electron chi connectivity index (χ1n) is 10.6. The summed E-state index contributed by atoms with van der Waals surface area (Å²) in [7, 11) is 0. The van der Waals surface area contributed by atoms with Crippen LogP contribution < -0.4 is 10.2 Å². The van der Waals surface area contributed by atoms with Gasteiger partial charge in [-0.2, -0.15) is 0 Å².